The van der Waals surface area contributed by atoms with Gasteiger partial charge in [-0.15, -0.1) is 0 Å². The summed E-state index contributed by atoms with van der Waals surface area (Å²) in [6.45, 7) is 2.86. The zero-order valence-corrected chi connectivity index (χ0v) is 11.7. The molecule has 4 nitrogen and oxygen atoms in total. The molecule has 1 aliphatic heterocycles. The molecule has 1 heterocycles. The van der Waals surface area contributed by atoms with Crippen molar-refractivity contribution >= 4 is 5.91 Å². The number of aliphatic hydroxyl groups is 1. The quantitative estimate of drug-likeness (QED) is 0.861. The Bertz CT molecular complexity index is 463. The van der Waals surface area contributed by atoms with Crippen LogP contribution >= 0.6 is 0 Å². The van der Waals surface area contributed by atoms with Crippen LogP contribution in [0.25, 0.3) is 0 Å². The molecule has 1 aliphatic carbocycles. The fourth-order valence-electron chi connectivity index (χ4n) is 3.51. The molecule has 1 aromatic rings. The highest BCUT2D eigenvalue weighted by Crippen LogP contribution is 2.37. The molecule has 108 valence electrons. The van der Waals surface area contributed by atoms with Gasteiger partial charge in [-0.1, -0.05) is 30.3 Å². The zero-order valence-electron chi connectivity index (χ0n) is 11.7. The molecule has 2 N–H and O–H groups in total. The van der Waals surface area contributed by atoms with Crippen molar-refractivity contribution in [2.45, 2.75) is 25.5 Å². The van der Waals surface area contributed by atoms with E-state index in [1.807, 2.05) is 30.3 Å². The number of likely N-dealkylation sites (tertiary alicyclic amines) is 1. The van der Waals surface area contributed by atoms with Crippen LogP contribution in [0, 0.1) is 11.8 Å². The van der Waals surface area contributed by atoms with E-state index in [0.29, 0.717) is 24.9 Å². The third-order valence-corrected chi connectivity index (χ3v) is 4.59. The van der Waals surface area contributed by atoms with Crippen LogP contribution in [0.5, 0.6) is 0 Å². The maximum atomic E-state index is 12.0. The average molecular weight is 274 g/mol. The molecule has 3 atom stereocenters. The van der Waals surface area contributed by atoms with E-state index < -0.39 is 0 Å². The minimum absolute atomic E-state index is 0.0725. The van der Waals surface area contributed by atoms with Crippen LogP contribution in [0.1, 0.15) is 18.4 Å². The molecule has 0 aromatic heterocycles. The minimum Gasteiger partial charge on any atom is -0.393 e. The summed E-state index contributed by atoms with van der Waals surface area (Å²) in [6, 6.07) is 9.95. The second-order valence-corrected chi connectivity index (χ2v) is 6.03. The Hall–Kier alpha value is -1.39. The van der Waals surface area contributed by atoms with Gasteiger partial charge >= 0.3 is 0 Å². The molecule has 4 heteroatoms. The molecular weight excluding hydrogens is 252 g/mol. The van der Waals surface area contributed by atoms with Crippen molar-refractivity contribution < 1.29 is 9.90 Å². The maximum absolute atomic E-state index is 12.0. The van der Waals surface area contributed by atoms with E-state index >= 15 is 0 Å². The van der Waals surface area contributed by atoms with Gasteiger partial charge in [0.25, 0.3) is 0 Å². The number of benzene rings is 1. The van der Waals surface area contributed by atoms with Gasteiger partial charge < -0.3 is 10.4 Å². The summed E-state index contributed by atoms with van der Waals surface area (Å²) < 4.78 is 0. The van der Waals surface area contributed by atoms with Gasteiger partial charge in [0.15, 0.2) is 0 Å². The van der Waals surface area contributed by atoms with Crippen molar-refractivity contribution in [2.24, 2.45) is 11.8 Å². The van der Waals surface area contributed by atoms with Crippen LogP contribution in [0.4, 0.5) is 0 Å². The SMILES string of the molecule is O=C(CN1CC2CCC(O)C2C1)NCc1ccccc1. The number of amides is 1. The molecule has 1 aromatic carbocycles. The Morgan fingerprint density at radius 3 is 2.80 bits per heavy atom. The summed E-state index contributed by atoms with van der Waals surface area (Å²) >= 11 is 0. The fraction of sp³-hybridized carbons (Fsp3) is 0.562. The Morgan fingerprint density at radius 1 is 1.25 bits per heavy atom. The minimum atomic E-state index is -0.155. The Labute approximate surface area is 119 Å². The smallest absolute Gasteiger partial charge is 0.234 e. The van der Waals surface area contributed by atoms with E-state index in [2.05, 4.69) is 10.2 Å². The molecule has 2 aliphatic rings. The standard InChI is InChI=1S/C16H22N2O2/c19-15-7-6-13-9-18(10-14(13)15)11-16(20)17-8-12-4-2-1-3-5-12/h1-5,13-15,19H,6-11H2,(H,17,20). The molecule has 1 saturated carbocycles. The Balaban J connectivity index is 1.44. The number of aliphatic hydroxyl groups excluding tert-OH is 1. The van der Waals surface area contributed by atoms with Crippen molar-refractivity contribution in [3.8, 4) is 0 Å². The summed E-state index contributed by atoms with van der Waals surface area (Å²) in [6.07, 6.45) is 1.88. The van der Waals surface area contributed by atoms with Gasteiger partial charge in [0, 0.05) is 25.6 Å². The summed E-state index contributed by atoms with van der Waals surface area (Å²) in [4.78, 5) is 14.1. The number of nitrogens with zero attached hydrogens (tertiary/aromatic N) is 1. The van der Waals surface area contributed by atoms with Gasteiger partial charge in [-0.05, 0) is 24.3 Å². The van der Waals surface area contributed by atoms with Crippen LogP contribution in [0.2, 0.25) is 0 Å². The summed E-state index contributed by atoms with van der Waals surface area (Å²) in [5.74, 6) is 1.05. The van der Waals surface area contributed by atoms with Crippen molar-refractivity contribution in [1.82, 2.24) is 10.2 Å². The predicted octanol–water partition coefficient (Wildman–Crippen LogP) is 1.01. The first kappa shape index (κ1) is 13.6. The number of nitrogens with one attached hydrogen (secondary N) is 1. The second-order valence-electron chi connectivity index (χ2n) is 6.03. The average Bonchev–Trinajstić information content (AvgIpc) is 3.00. The van der Waals surface area contributed by atoms with Crippen molar-refractivity contribution in [1.29, 1.82) is 0 Å². The van der Waals surface area contributed by atoms with Gasteiger partial charge in [-0.3, -0.25) is 9.69 Å². The highest BCUT2D eigenvalue weighted by molar-refractivity contribution is 5.78. The van der Waals surface area contributed by atoms with Gasteiger partial charge in [0.05, 0.1) is 12.6 Å². The number of hydrogen-bond acceptors (Lipinski definition) is 3. The lowest BCUT2D eigenvalue weighted by molar-refractivity contribution is -0.122. The number of carbonyl (C=O) groups excluding carboxylic acids is 1. The van der Waals surface area contributed by atoms with E-state index in [-0.39, 0.29) is 12.0 Å². The van der Waals surface area contributed by atoms with E-state index in [1.54, 1.807) is 0 Å². The largest absolute Gasteiger partial charge is 0.393 e. The van der Waals surface area contributed by atoms with Crippen LogP contribution in [-0.4, -0.2) is 41.7 Å². The van der Waals surface area contributed by atoms with Crippen LogP contribution in [0.3, 0.4) is 0 Å². The normalized spacial score (nSPS) is 29.4. The highest BCUT2D eigenvalue weighted by Gasteiger charge is 2.41. The van der Waals surface area contributed by atoms with Gasteiger partial charge in [-0.2, -0.15) is 0 Å². The van der Waals surface area contributed by atoms with Gasteiger partial charge in [0.1, 0.15) is 0 Å². The summed E-state index contributed by atoms with van der Waals surface area (Å²) in [5, 5.41) is 12.8. The molecule has 0 spiro atoms. The lowest BCUT2D eigenvalue weighted by Crippen LogP contribution is -2.36. The molecule has 2 fully saturated rings. The molecular formula is C16H22N2O2. The summed E-state index contributed by atoms with van der Waals surface area (Å²) in [7, 11) is 0. The molecule has 20 heavy (non-hydrogen) atoms. The van der Waals surface area contributed by atoms with Crippen molar-refractivity contribution in [3.63, 3.8) is 0 Å². The topological polar surface area (TPSA) is 52.6 Å². The van der Waals surface area contributed by atoms with Crippen LogP contribution in [-0.2, 0) is 11.3 Å². The predicted molar refractivity (Wildman–Crippen MR) is 76.9 cm³/mol. The van der Waals surface area contributed by atoms with E-state index in [1.165, 1.54) is 0 Å². The first-order valence-electron chi connectivity index (χ1n) is 7.43. The van der Waals surface area contributed by atoms with Crippen molar-refractivity contribution in [2.75, 3.05) is 19.6 Å². The Kier molecular flexibility index (Phi) is 4.03. The molecule has 3 rings (SSSR count). The zero-order chi connectivity index (χ0) is 13.9. The third-order valence-electron chi connectivity index (χ3n) is 4.59. The number of hydrogen-bond donors (Lipinski definition) is 2. The van der Waals surface area contributed by atoms with E-state index in [9.17, 15) is 9.90 Å². The molecule has 3 unspecified atom stereocenters. The van der Waals surface area contributed by atoms with Crippen LogP contribution in [0.15, 0.2) is 30.3 Å². The van der Waals surface area contributed by atoms with Gasteiger partial charge in [-0.25, -0.2) is 0 Å². The van der Waals surface area contributed by atoms with Crippen molar-refractivity contribution in [3.05, 3.63) is 35.9 Å². The summed E-state index contributed by atoms with van der Waals surface area (Å²) in [5.41, 5.74) is 1.12. The monoisotopic (exact) mass is 274 g/mol. The molecule has 1 amide bonds. The lowest BCUT2D eigenvalue weighted by Gasteiger charge is -2.17. The number of fused-ring (bicyclic) bond motifs is 1. The van der Waals surface area contributed by atoms with Gasteiger partial charge in [0.2, 0.25) is 5.91 Å². The van der Waals surface area contributed by atoms with E-state index in [0.717, 1.165) is 31.5 Å². The maximum Gasteiger partial charge on any atom is 0.234 e. The lowest BCUT2D eigenvalue weighted by atomic mass is 10.00. The Morgan fingerprint density at radius 2 is 2.05 bits per heavy atom. The first-order chi connectivity index (χ1) is 9.72. The highest BCUT2D eigenvalue weighted by atomic mass is 16.3. The van der Waals surface area contributed by atoms with E-state index in [4.69, 9.17) is 0 Å². The number of carbonyl (C=O) groups is 1. The second kappa shape index (κ2) is 5.94. The number of rotatable bonds is 4. The fourth-order valence-corrected chi connectivity index (χ4v) is 3.51. The molecule has 1 saturated heterocycles. The third kappa shape index (κ3) is 3.02. The first-order valence-corrected chi connectivity index (χ1v) is 7.43. The molecule has 0 radical (unpaired) electrons. The molecule has 0 bridgehead atoms. The van der Waals surface area contributed by atoms with Crippen LogP contribution < -0.4 is 5.32 Å².